The van der Waals surface area contributed by atoms with Gasteiger partial charge in [-0.05, 0) is 36.3 Å². The summed E-state index contributed by atoms with van der Waals surface area (Å²) < 4.78 is 1.44. The van der Waals surface area contributed by atoms with E-state index in [-0.39, 0.29) is 0 Å². The predicted molar refractivity (Wildman–Crippen MR) is 71.0 cm³/mol. The van der Waals surface area contributed by atoms with Crippen molar-refractivity contribution in [2.75, 3.05) is 6.26 Å². The highest BCUT2D eigenvalue weighted by Crippen LogP contribution is 2.35. The molecule has 74 valence electrons. The first kappa shape index (κ1) is 10.5. The van der Waals surface area contributed by atoms with Crippen molar-refractivity contribution in [1.29, 1.82) is 0 Å². The molecule has 1 aromatic carbocycles. The first-order valence-electron chi connectivity index (χ1n) is 4.38. The van der Waals surface area contributed by atoms with E-state index in [4.69, 9.17) is 0 Å². The SMILES string of the molecule is CSc1ccc(CBr)c2cc(C)sc12. The van der Waals surface area contributed by atoms with E-state index in [0.29, 0.717) is 0 Å². The Hall–Kier alpha value is 0.01000. The molecule has 0 amide bonds. The van der Waals surface area contributed by atoms with E-state index in [1.807, 2.05) is 23.1 Å². The lowest BCUT2D eigenvalue weighted by molar-refractivity contribution is 1.45. The Morgan fingerprint density at radius 1 is 1.43 bits per heavy atom. The molecule has 0 atom stereocenters. The van der Waals surface area contributed by atoms with Crippen LogP contribution in [0, 0.1) is 6.92 Å². The number of thiophene rings is 1. The minimum atomic E-state index is 0.939. The summed E-state index contributed by atoms with van der Waals surface area (Å²) in [4.78, 5) is 2.78. The Morgan fingerprint density at radius 3 is 2.86 bits per heavy atom. The molecule has 1 heterocycles. The monoisotopic (exact) mass is 286 g/mol. The van der Waals surface area contributed by atoms with Crippen molar-refractivity contribution in [3.63, 3.8) is 0 Å². The summed E-state index contributed by atoms with van der Waals surface area (Å²) in [5.74, 6) is 0. The highest BCUT2D eigenvalue weighted by Gasteiger charge is 2.07. The van der Waals surface area contributed by atoms with E-state index in [1.165, 1.54) is 25.4 Å². The normalized spacial score (nSPS) is 11.1. The number of halogens is 1. The molecule has 0 bridgehead atoms. The fourth-order valence-corrected chi connectivity index (χ4v) is 3.89. The number of thioether (sulfide) groups is 1. The molecule has 0 aliphatic heterocycles. The number of alkyl halides is 1. The van der Waals surface area contributed by atoms with Crippen LogP contribution in [-0.2, 0) is 5.33 Å². The van der Waals surface area contributed by atoms with Gasteiger partial charge in [-0.2, -0.15) is 0 Å². The standard InChI is InChI=1S/C11H11BrS2/c1-7-5-9-8(6-12)3-4-10(13-2)11(9)14-7/h3-5H,6H2,1-2H3. The summed E-state index contributed by atoms with van der Waals surface area (Å²) in [6.45, 7) is 2.17. The van der Waals surface area contributed by atoms with Crippen LogP contribution in [0.4, 0.5) is 0 Å². The molecule has 0 saturated carbocycles. The molecule has 0 spiro atoms. The third-order valence-electron chi connectivity index (χ3n) is 2.22. The van der Waals surface area contributed by atoms with Gasteiger partial charge in [0.1, 0.15) is 0 Å². The van der Waals surface area contributed by atoms with Gasteiger partial charge in [-0.15, -0.1) is 23.1 Å². The second-order valence-electron chi connectivity index (χ2n) is 3.16. The van der Waals surface area contributed by atoms with Crippen molar-refractivity contribution in [1.82, 2.24) is 0 Å². The molecule has 1 aromatic heterocycles. The van der Waals surface area contributed by atoms with Gasteiger partial charge in [0.25, 0.3) is 0 Å². The average molecular weight is 287 g/mol. The molecule has 3 heteroatoms. The first-order valence-corrected chi connectivity index (χ1v) is 7.54. The van der Waals surface area contributed by atoms with Crippen LogP contribution in [0.2, 0.25) is 0 Å². The number of benzene rings is 1. The van der Waals surface area contributed by atoms with E-state index in [2.05, 4.69) is 47.3 Å². The lowest BCUT2D eigenvalue weighted by Crippen LogP contribution is -1.79. The van der Waals surface area contributed by atoms with Crippen molar-refractivity contribution in [3.05, 3.63) is 28.6 Å². The number of fused-ring (bicyclic) bond motifs is 1. The quantitative estimate of drug-likeness (QED) is 0.563. The molecule has 0 unspecified atom stereocenters. The number of hydrogen-bond acceptors (Lipinski definition) is 2. The van der Waals surface area contributed by atoms with Crippen molar-refractivity contribution in [3.8, 4) is 0 Å². The van der Waals surface area contributed by atoms with Gasteiger partial charge in [0, 0.05) is 19.8 Å². The second-order valence-corrected chi connectivity index (χ2v) is 5.83. The topological polar surface area (TPSA) is 0 Å². The van der Waals surface area contributed by atoms with Crippen molar-refractivity contribution < 1.29 is 0 Å². The van der Waals surface area contributed by atoms with Gasteiger partial charge in [0.05, 0.1) is 0 Å². The van der Waals surface area contributed by atoms with E-state index < -0.39 is 0 Å². The third kappa shape index (κ3) is 1.73. The number of rotatable bonds is 2. The first-order chi connectivity index (χ1) is 6.76. The molecule has 0 N–H and O–H groups in total. The van der Waals surface area contributed by atoms with Crippen LogP contribution in [-0.4, -0.2) is 6.26 Å². The zero-order valence-electron chi connectivity index (χ0n) is 8.13. The zero-order chi connectivity index (χ0) is 10.1. The fourth-order valence-electron chi connectivity index (χ4n) is 1.55. The summed E-state index contributed by atoms with van der Waals surface area (Å²) >= 11 is 7.25. The minimum Gasteiger partial charge on any atom is -0.139 e. The van der Waals surface area contributed by atoms with Crippen LogP contribution in [0.15, 0.2) is 23.1 Å². The molecular formula is C11H11BrS2. The van der Waals surface area contributed by atoms with Crippen LogP contribution in [0.1, 0.15) is 10.4 Å². The van der Waals surface area contributed by atoms with Crippen LogP contribution >= 0.6 is 39.0 Å². The van der Waals surface area contributed by atoms with Crippen molar-refractivity contribution in [2.24, 2.45) is 0 Å². The van der Waals surface area contributed by atoms with Crippen molar-refractivity contribution >= 4 is 49.1 Å². The van der Waals surface area contributed by atoms with Crippen LogP contribution < -0.4 is 0 Å². The minimum absolute atomic E-state index is 0.939. The van der Waals surface area contributed by atoms with E-state index in [0.717, 1.165) is 5.33 Å². The Bertz CT molecular complexity index is 419. The number of hydrogen-bond donors (Lipinski definition) is 0. The fraction of sp³-hybridized carbons (Fsp3) is 0.273. The van der Waals surface area contributed by atoms with Gasteiger partial charge >= 0.3 is 0 Å². The van der Waals surface area contributed by atoms with Crippen molar-refractivity contribution in [2.45, 2.75) is 17.1 Å². The van der Waals surface area contributed by atoms with Gasteiger partial charge in [0.15, 0.2) is 0 Å². The van der Waals surface area contributed by atoms with Crippen LogP contribution in [0.25, 0.3) is 10.1 Å². The molecule has 2 rings (SSSR count). The van der Waals surface area contributed by atoms with E-state index in [9.17, 15) is 0 Å². The Labute approximate surface area is 101 Å². The highest BCUT2D eigenvalue weighted by molar-refractivity contribution is 9.08. The van der Waals surface area contributed by atoms with Gasteiger partial charge in [0.2, 0.25) is 0 Å². The van der Waals surface area contributed by atoms with Gasteiger partial charge in [-0.1, -0.05) is 22.0 Å². The van der Waals surface area contributed by atoms with E-state index >= 15 is 0 Å². The summed E-state index contributed by atoms with van der Waals surface area (Å²) in [6.07, 6.45) is 2.14. The summed E-state index contributed by atoms with van der Waals surface area (Å²) in [6, 6.07) is 6.73. The summed E-state index contributed by atoms with van der Waals surface area (Å²) in [5, 5.41) is 2.35. The Balaban J connectivity index is 2.77. The summed E-state index contributed by atoms with van der Waals surface area (Å²) in [7, 11) is 0. The predicted octanol–water partition coefficient (Wildman–Crippen LogP) is 4.83. The molecule has 2 aromatic rings. The zero-order valence-corrected chi connectivity index (χ0v) is 11.4. The molecule has 0 fully saturated rings. The summed E-state index contributed by atoms with van der Waals surface area (Å²) in [5.41, 5.74) is 1.39. The largest absolute Gasteiger partial charge is 0.139 e. The maximum atomic E-state index is 3.53. The second kappa shape index (κ2) is 4.25. The molecule has 14 heavy (non-hydrogen) atoms. The third-order valence-corrected chi connectivity index (χ3v) is 4.82. The molecule has 0 radical (unpaired) electrons. The van der Waals surface area contributed by atoms with Gasteiger partial charge in [-0.3, -0.25) is 0 Å². The molecule has 0 nitrogen and oxygen atoms in total. The number of aryl methyl sites for hydroxylation is 1. The smallest absolute Gasteiger partial charge is 0.0484 e. The Kier molecular flexibility index (Phi) is 3.20. The lowest BCUT2D eigenvalue weighted by atomic mass is 10.1. The van der Waals surface area contributed by atoms with E-state index in [1.54, 1.807) is 0 Å². The average Bonchev–Trinajstić information content (AvgIpc) is 2.57. The molecule has 0 aliphatic carbocycles. The molecular weight excluding hydrogens is 276 g/mol. The van der Waals surface area contributed by atoms with Crippen LogP contribution in [0.3, 0.4) is 0 Å². The van der Waals surface area contributed by atoms with Gasteiger partial charge < -0.3 is 0 Å². The lowest BCUT2D eigenvalue weighted by Gasteiger charge is -2.02. The molecule has 0 aliphatic rings. The Morgan fingerprint density at radius 2 is 2.21 bits per heavy atom. The van der Waals surface area contributed by atoms with Crippen LogP contribution in [0.5, 0.6) is 0 Å². The highest BCUT2D eigenvalue weighted by atomic mass is 79.9. The van der Waals surface area contributed by atoms with Gasteiger partial charge in [-0.25, -0.2) is 0 Å². The maximum Gasteiger partial charge on any atom is 0.0484 e. The maximum absolute atomic E-state index is 3.53. The molecule has 0 saturated heterocycles.